The summed E-state index contributed by atoms with van der Waals surface area (Å²) in [5.74, 6) is 0.527. The van der Waals surface area contributed by atoms with Crippen molar-refractivity contribution in [1.29, 1.82) is 0 Å². The van der Waals surface area contributed by atoms with Gasteiger partial charge in [-0.25, -0.2) is 9.97 Å². The fraction of sp³-hybridized carbons (Fsp3) is 0.0333. The number of nitrogens with zero attached hydrogens (tertiary/aromatic N) is 3. The van der Waals surface area contributed by atoms with Crippen LogP contribution in [0.4, 0.5) is 10.8 Å². The zero-order valence-electron chi connectivity index (χ0n) is 19.9. The summed E-state index contributed by atoms with van der Waals surface area (Å²) in [6.07, 6.45) is 0. The molecule has 1 N–H and O–H groups in total. The molecule has 0 spiro atoms. The molecule has 0 radical (unpaired) electrons. The van der Waals surface area contributed by atoms with Crippen LogP contribution < -0.4 is 10.9 Å². The lowest BCUT2D eigenvalue weighted by molar-refractivity contribution is 0.979. The molecule has 0 aliphatic heterocycles. The second kappa shape index (κ2) is 9.65. The van der Waals surface area contributed by atoms with Crippen molar-refractivity contribution in [2.24, 2.45) is 0 Å². The molecule has 0 unspecified atom stereocenters. The molecule has 7 heteroatoms. The number of aromatic nitrogens is 3. The maximum atomic E-state index is 13.8. The topological polar surface area (TPSA) is 59.8 Å². The fourth-order valence-corrected chi connectivity index (χ4v) is 5.31. The number of nitrogens with one attached hydrogen (secondary N) is 1. The van der Waals surface area contributed by atoms with Crippen LogP contribution in [0.5, 0.6) is 0 Å². The molecule has 2 aromatic heterocycles. The third kappa shape index (κ3) is 4.53. The summed E-state index contributed by atoms with van der Waals surface area (Å²) < 4.78 is 1.65. The van der Waals surface area contributed by atoms with Crippen LogP contribution in [0.15, 0.2) is 108 Å². The number of rotatable bonds is 5. The van der Waals surface area contributed by atoms with Gasteiger partial charge >= 0.3 is 0 Å². The number of benzene rings is 4. The van der Waals surface area contributed by atoms with Gasteiger partial charge in [0, 0.05) is 16.3 Å². The van der Waals surface area contributed by atoms with Gasteiger partial charge in [0.1, 0.15) is 4.88 Å². The molecular formula is C30H21ClN4OS. The number of para-hydroxylation sites is 1. The van der Waals surface area contributed by atoms with E-state index in [0.29, 0.717) is 32.6 Å². The predicted octanol–water partition coefficient (Wildman–Crippen LogP) is 7.88. The number of fused-ring (bicyclic) bond motifs is 1. The van der Waals surface area contributed by atoms with Gasteiger partial charge in [-0.3, -0.25) is 9.36 Å². The number of anilines is 2. The molecule has 6 rings (SSSR count). The Morgan fingerprint density at radius 2 is 1.51 bits per heavy atom. The summed E-state index contributed by atoms with van der Waals surface area (Å²) in [6, 6.07) is 32.7. The Kier molecular flexibility index (Phi) is 6.04. The van der Waals surface area contributed by atoms with E-state index in [9.17, 15) is 4.79 Å². The number of halogens is 1. The summed E-state index contributed by atoms with van der Waals surface area (Å²) in [7, 11) is 0. The Morgan fingerprint density at radius 1 is 0.811 bits per heavy atom. The molecule has 180 valence electrons. The predicted molar refractivity (Wildman–Crippen MR) is 153 cm³/mol. The minimum atomic E-state index is -0.150. The molecule has 37 heavy (non-hydrogen) atoms. The van der Waals surface area contributed by atoms with Crippen molar-refractivity contribution in [3.63, 3.8) is 0 Å². The van der Waals surface area contributed by atoms with Gasteiger partial charge in [0.25, 0.3) is 5.56 Å². The Labute approximate surface area is 222 Å². The van der Waals surface area contributed by atoms with Gasteiger partial charge in [-0.05, 0) is 55.5 Å². The smallest absolute Gasteiger partial charge is 0.266 e. The summed E-state index contributed by atoms with van der Waals surface area (Å²) in [5, 5.41) is 5.28. The van der Waals surface area contributed by atoms with Crippen molar-refractivity contribution in [3.05, 3.63) is 124 Å². The number of hydrogen-bond acceptors (Lipinski definition) is 5. The highest BCUT2D eigenvalue weighted by molar-refractivity contribution is 7.19. The quantitative estimate of drug-likeness (QED) is 0.251. The van der Waals surface area contributed by atoms with Crippen molar-refractivity contribution in [1.82, 2.24) is 14.5 Å². The molecule has 0 saturated carbocycles. The first kappa shape index (κ1) is 23.2. The van der Waals surface area contributed by atoms with E-state index >= 15 is 0 Å². The van der Waals surface area contributed by atoms with Gasteiger partial charge in [0.15, 0.2) is 11.0 Å². The highest BCUT2D eigenvalue weighted by Gasteiger charge is 2.22. The van der Waals surface area contributed by atoms with E-state index in [-0.39, 0.29) is 5.56 Å². The Hall–Kier alpha value is -4.26. The summed E-state index contributed by atoms with van der Waals surface area (Å²) >= 11 is 7.63. The molecule has 0 bridgehead atoms. The van der Waals surface area contributed by atoms with Crippen LogP contribution in [0.3, 0.4) is 0 Å². The summed E-state index contributed by atoms with van der Waals surface area (Å²) in [6.45, 7) is 2.06. The minimum absolute atomic E-state index is 0.150. The fourth-order valence-electron chi connectivity index (χ4n) is 4.19. The minimum Gasteiger partial charge on any atom is -0.332 e. The molecule has 0 atom stereocenters. The standard InChI is InChI=1S/C30H21ClN4OS/c1-19-11-15-22(16-12-19)32-30-34-26(20-7-3-2-4-8-20)27(37-30)28-33-25-10-6-5-9-24(25)29(36)35(28)23-17-13-21(31)14-18-23/h2-18H,1H3,(H,32,34). The van der Waals surface area contributed by atoms with Crippen LogP contribution >= 0.6 is 22.9 Å². The molecule has 5 nitrogen and oxygen atoms in total. The van der Waals surface area contributed by atoms with E-state index < -0.39 is 0 Å². The van der Waals surface area contributed by atoms with Crippen LogP contribution in [-0.4, -0.2) is 14.5 Å². The maximum Gasteiger partial charge on any atom is 0.266 e. The van der Waals surface area contributed by atoms with Gasteiger partial charge in [-0.15, -0.1) is 0 Å². The summed E-state index contributed by atoms with van der Waals surface area (Å²) in [5.41, 5.74) is 4.98. The largest absolute Gasteiger partial charge is 0.332 e. The lowest BCUT2D eigenvalue weighted by Crippen LogP contribution is -2.21. The van der Waals surface area contributed by atoms with E-state index in [4.69, 9.17) is 21.6 Å². The van der Waals surface area contributed by atoms with Crippen molar-refractivity contribution in [2.45, 2.75) is 6.92 Å². The van der Waals surface area contributed by atoms with Gasteiger partial charge in [-0.1, -0.05) is 83.1 Å². The molecule has 0 amide bonds. The van der Waals surface area contributed by atoms with Gasteiger partial charge in [0.2, 0.25) is 0 Å². The zero-order chi connectivity index (χ0) is 25.4. The number of hydrogen-bond donors (Lipinski definition) is 1. The number of aryl methyl sites for hydroxylation is 1. The second-order valence-electron chi connectivity index (χ2n) is 8.62. The molecule has 0 aliphatic carbocycles. The Morgan fingerprint density at radius 3 is 2.27 bits per heavy atom. The Balaban J connectivity index is 1.62. The van der Waals surface area contributed by atoms with Gasteiger partial charge < -0.3 is 5.32 Å². The van der Waals surface area contributed by atoms with E-state index in [1.807, 2.05) is 72.8 Å². The molecule has 2 heterocycles. The van der Waals surface area contributed by atoms with Gasteiger partial charge in [-0.2, -0.15) is 0 Å². The molecule has 6 aromatic rings. The van der Waals surface area contributed by atoms with Crippen LogP contribution in [0.1, 0.15) is 5.56 Å². The molecule has 4 aromatic carbocycles. The third-order valence-corrected chi connectivity index (χ3v) is 7.26. The summed E-state index contributed by atoms with van der Waals surface area (Å²) in [4.78, 5) is 24.6. The average Bonchev–Trinajstić information content (AvgIpc) is 3.35. The highest BCUT2D eigenvalue weighted by Crippen LogP contribution is 2.40. The van der Waals surface area contributed by atoms with Crippen LogP contribution in [0.25, 0.3) is 38.5 Å². The average molecular weight is 521 g/mol. The van der Waals surface area contributed by atoms with Gasteiger partial charge in [0.05, 0.1) is 22.3 Å². The molecule has 0 saturated heterocycles. The second-order valence-corrected chi connectivity index (χ2v) is 10.1. The zero-order valence-corrected chi connectivity index (χ0v) is 21.4. The van der Waals surface area contributed by atoms with Crippen LogP contribution in [0, 0.1) is 6.92 Å². The van der Waals surface area contributed by atoms with Crippen LogP contribution in [-0.2, 0) is 0 Å². The lowest BCUT2D eigenvalue weighted by atomic mass is 10.1. The first-order chi connectivity index (χ1) is 18.1. The van der Waals surface area contributed by atoms with E-state index in [0.717, 1.165) is 21.8 Å². The van der Waals surface area contributed by atoms with Crippen molar-refractivity contribution < 1.29 is 0 Å². The molecule has 0 aliphatic rings. The van der Waals surface area contributed by atoms with Crippen molar-refractivity contribution in [2.75, 3.05) is 5.32 Å². The Bertz CT molecular complexity index is 1780. The first-order valence-electron chi connectivity index (χ1n) is 11.7. The maximum absolute atomic E-state index is 13.8. The molecule has 0 fully saturated rings. The third-order valence-electron chi connectivity index (χ3n) is 6.04. The normalized spacial score (nSPS) is 11.1. The van der Waals surface area contributed by atoms with E-state index in [1.54, 1.807) is 22.8 Å². The highest BCUT2D eigenvalue weighted by atomic mass is 35.5. The monoisotopic (exact) mass is 520 g/mol. The number of thiazole rings is 1. The SMILES string of the molecule is Cc1ccc(Nc2nc(-c3ccccc3)c(-c3nc4ccccc4c(=O)n3-c3ccc(Cl)cc3)s2)cc1. The molecular weight excluding hydrogens is 500 g/mol. The van der Waals surface area contributed by atoms with Crippen molar-refractivity contribution >= 4 is 44.7 Å². The lowest BCUT2D eigenvalue weighted by Gasteiger charge is -2.14. The first-order valence-corrected chi connectivity index (χ1v) is 12.9. The van der Waals surface area contributed by atoms with Crippen LogP contribution in [0.2, 0.25) is 5.02 Å². The van der Waals surface area contributed by atoms with E-state index in [1.165, 1.54) is 16.9 Å². The van der Waals surface area contributed by atoms with E-state index in [2.05, 4.69) is 24.4 Å². The van der Waals surface area contributed by atoms with Crippen molar-refractivity contribution in [3.8, 4) is 27.6 Å².